The second kappa shape index (κ2) is 5.81. The molecule has 0 bridgehead atoms. The summed E-state index contributed by atoms with van der Waals surface area (Å²) in [6.45, 7) is 6.47. The molecule has 20 heavy (non-hydrogen) atoms. The lowest BCUT2D eigenvalue weighted by molar-refractivity contribution is 0.0733. The number of fused-ring (bicyclic) bond motifs is 1. The molecule has 1 atom stereocenters. The largest absolute Gasteiger partial charge is 0.396 e. The number of aryl methyl sites for hydroxylation is 1. The van der Waals surface area contributed by atoms with E-state index in [4.69, 9.17) is 0 Å². The topological polar surface area (TPSA) is 44.0 Å². The van der Waals surface area contributed by atoms with Crippen LogP contribution in [0.5, 0.6) is 0 Å². The molecule has 2 aromatic heterocycles. The minimum Gasteiger partial charge on any atom is -0.396 e. The lowest BCUT2D eigenvalue weighted by Crippen LogP contribution is -2.51. The number of aromatic nitrogens is 2. The first-order chi connectivity index (χ1) is 9.69. The maximum atomic E-state index is 9.18. The van der Waals surface area contributed by atoms with E-state index in [1.165, 1.54) is 5.69 Å². The van der Waals surface area contributed by atoms with Crippen molar-refractivity contribution in [3.63, 3.8) is 0 Å². The van der Waals surface area contributed by atoms with Gasteiger partial charge in [-0.1, -0.05) is 0 Å². The lowest BCUT2D eigenvalue weighted by atomic mass is 10.1. The summed E-state index contributed by atoms with van der Waals surface area (Å²) < 4.78 is 2.21. The summed E-state index contributed by atoms with van der Waals surface area (Å²) in [6.07, 6.45) is 2.96. The van der Waals surface area contributed by atoms with E-state index in [-0.39, 0.29) is 6.61 Å². The highest BCUT2D eigenvalue weighted by molar-refractivity contribution is 7.15. The van der Waals surface area contributed by atoms with E-state index in [0.29, 0.717) is 6.04 Å². The van der Waals surface area contributed by atoms with E-state index in [0.717, 1.165) is 43.3 Å². The Balaban J connectivity index is 1.74. The Morgan fingerprint density at radius 1 is 1.45 bits per heavy atom. The van der Waals surface area contributed by atoms with Crippen LogP contribution in [-0.2, 0) is 6.54 Å². The molecule has 1 unspecified atom stereocenters. The van der Waals surface area contributed by atoms with Crippen molar-refractivity contribution >= 4 is 16.3 Å². The van der Waals surface area contributed by atoms with Gasteiger partial charge in [-0.3, -0.25) is 9.30 Å². The maximum absolute atomic E-state index is 9.18. The molecule has 0 spiro atoms. The third-order valence-corrected chi connectivity index (χ3v) is 5.01. The van der Waals surface area contributed by atoms with Crippen LogP contribution in [0.1, 0.15) is 17.8 Å². The van der Waals surface area contributed by atoms with Gasteiger partial charge in [-0.15, -0.1) is 11.3 Å². The van der Waals surface area contributed by atoms with Crippen LogP contribution in [0, 0.1) is 6.92 Å². The van der Waals surface area contributed by atoms with Gasteiger partial charge in [0.05, 0.1) is 11.4 Å². The number of aliphatic hydroxyl groups excluding tert-OH is 1. The Kier molecular flexibility index (Phi) is 4.07. The van der Waals surface area contributed by atoms with Crippen molar-refractivity contribution in [1.29, 1.82) is 0 Å². The monoisotopic (exact) mass is 294 g/mol. The highest BCUT2D eigenvalue weighted by atomic mass is 32.1. The molecule has 0 saturated carbocycles. The van der Waals surface area contributed by atoms with Crippen LogP contribution in [0.3, 0.4) is 0 Å². The lowest BCUT2D eigenvalue weighted by Gasteiger charge is -2.39. The second-order valence-corrected chi connectivity index (χ2v) is 6.45. The molecular formula is C14H22N4OS. The molecule has 0 aliphatic carbocycles. The third-order valence-electron chi connectivity index (χ3n) is 4.26. The molecule has 1 saturated heterocycles. The van der Waals surface area contributed by atoms with Gasteiger partial charge in [0.1, 0.15) is 0 Å². The molecule has 3 rings (SSSR count). The van der Waals surface area contributed by atoms with Crippen molar-refractivity contribution in [2.75, 3.05) is 33.3 Å². The van der Waals surface area contributed by atoms with E-state index in [1.54, 1.807) is 11.3 Å². The molecule has 1 aliphatic rings. The molecule has 110 valence electrons. The van der Waals surface area contributed by atoms with Crippen LogP contribution < -0.4 is 0 Å². The highest BCUT2D eigenvalue weighted by Gasteiger charge is 2.25. The van der Waals surface area contributed by atoms with Crippen molar-refractivity contribution in [1.82, 2.24) is 19.2 Å². The van der Waals surface area contributed by atoms with Gasteiger partial charge in [0.25, 0.3) is 0 Å². The number of rotatable bonds is 4. The normalized spacial score (nSPS) is 21.9. The molecule has 5 nitrogen and oxygen atoms in total. The second-order valence-electron chi connectivity index (χ2n) is 5.58. The van der Waals surface area contributed by atoms with Crippen LogP contribution in [0.15, 0.2) is 11.6 Å². The summed E-state index contributed by atoms with van der Waals surface area (Å²) in [6, 6.07) is 0.458. The number of thiazole rings is 1. The van der Waals surface area contributed by atoms with Gasteiger partial charge in [-0.05, 0) is 20.4 Å². The fourth-order valence-corrected chi connectivity index (χ4v) is 3.74. The van der Waals surface area contributed by atoms with E-state index in [2.05, 4.69) is 44.7 Å². The maximum Gasteiger partial charge on any atom is 0.194 e. The fourth-order valence-electron chi connectivity index (χ4n) is 2.96. The predicted octanol–water partition coefficient (Wildman–Crippen LogP) is 1.20. The number of hydrogen-bond acceptors (Lipinski definition) is 5. The quantitative estimate of drug-likeness (QED) is 0.920. The average molecular weight is 294 g/mol. The van der Waals surface area contributed by atoms with Crippen molar-refractivity contribution in [2.24, 2.45) is 0 Å². The summed E-state index contributed by atoms with van der Waals surface area (Å²) in [4.78, 5) is 10.5. The van der Waals surface area contributed by atoms with Crippen molar-refractivity contribution < 1.29 is 5.11 Å². The zero-order valence-electron chi connectivity index (χ0n) is 12.1. The Hall–Kier alpha value is -0.950. The summed E-state index contributed by atoms with van der Waals surface area (Å²) in [5.41, 5.74) is 2.43. The van der Waals surface area contributed by atoms with Crippen molar-refractivity contribution in [3.05, 3.63) is 23.0 Å². The zero-order valence-corrected chi connectivity index (χ0v) is 12.9. The fraction of sp³-hybridized carbons (Fsp3) is 0.643. The van der Waals surface area contributed by atoms with Crippen LogP contribution in [0.4, 0.5) is 0 Å². The van der Waals surface area contributed by atoms with E-state index >= 15 is 0 Å². The molecule has 2 aromatic rings. The minimum atomic E-state index is 0.267. The van der Waals surface area contributed by atoms with Gasteiger partial charge in [-0.2, -0.15) is 0 Å². The predicted molar refractivity (Wildman–Crippen MR) is 81.2 cm³/mol. The Bertz CT molecular complexity index is 579. The Morgan fingerprint density at radius 3 is 3.10 bits per heavy atom. The molecule has 0 aromatic carbocycles. The smallest absolute Gasteiger partial charge is 0.194 e. The van der Waals surface area contributed by atoms with Crippen LogP contribution in [0.25, 0.3) is 4.96 Å². The van der Waals surface area contributed by atoms with E-state index in [9.17, 15) is 5.11 Å². The summed E-state index contributed by atoms with van der Waals surface area (Å²) in [5, 5.41) is 11.3. The van der Waals surface area contributed by atoms with Crippen LogP contribution in [0.2, 0.25) is 0 Å². The first-order valence-electron chi connectivity index (χ1n) is 7.13. The van der Waals surface area contributed by atoms with Gasteiger partial charge in [0.2, 0.25) is 0 Å². The van der Waals surface area contributed by atoms with E-state index < -0.39 is 0 Å². The zero-order chi connectivity index (χ0) is 14.1. The van der Waals surface area contributed by atoms with Crippen LogP contribution in [-0.4, -0.2) is 63.6 Å². The highest BCUT2D eigenvalue weighted by Crippen LogP contribution is 2.20. The number of imidazole rings is 1. The van der Waals surface area contributed by atoms with Gasteiger partial charge < -0.3 is 10.0 Å². The number of nitrogens with zero attached hydrogens (tertiary/aromatic N) is 4. The van der Waals surface area contributed by atoms with Gasteiger partial charge >= 0.3 is 0 Å². The van der Waals surface area contributed by atoms with E-state index in [1.807, 2.05) is 0 Å². The molecule has 0 amide bonds. The summed E-state index contributed by atoms with van der Waals surface area (Å²) in [5.74, 6) is 0. The third kappa shape index (κ3) is 2.61. The van der Waals surface area contributed by atoms with Gasteiger partial charge in [0.15, 0.2) is 4.96 Å². The number of aliphatic hydroxyl groups is 1. The Labute approximate surface area is 123 Å². The molecule has 1 N–H and O–H groups in total. The van der Waals surface area contributed by atoms with Crippen LogP contribution >= 0.6 is 11.3 Å². The molecule has 1 aliphatic heterocycles. The number of likely N-dealkylation sites (N-methyl/N-ethyl adjacent to an activating group) is 1. The summed E-state index contributed by atoms with van der Waals surface area (Å²) in [7, 11) is 2.15. The van der Waals surface area contributed by atoms with Gasteiger partial charge in [0, 0.05) is 50.4 Å². The first-order valence-corrected chi connectivity index (χ1v) is 8.01. The minimum absolute atomic E-state index is 0.267. The summed E-state index contributed by atoms with van der Waals surface area (Å²) >= 11 is 1.69. The molecule has 3 heterocycles. The number of hydrogen-bond donors (Lipinski definition) is 1. The first kappa shape index (κ1) is 14.0. The molecule has 1 fully saturated rings. The average Bonchev–Trinajstić information content (AvgIpc) is 2.97. The van der Waals surface area contributed by atoms with Crippen molar-refractivity contribution in [2.45, 2.75) is 25.9 Å². The standard InChI is InChI=1S/C14H22N4OS/c1-11-13(18-6-8-20-14(18)15-11)10-17-5-4-16(2)12(9-17)3-7-19/h6,8,12,19H,3-5,7,9-10H2,1-2H3. The van der Waals surface area contributed by atoms with Gasteiger partial charge in [-0.25, -0.2) is 4.98 Å². The molecule has 0 radical (unpaired) electrons. The molecular weight excluding hydrogens is 272 g/mol. The Morgan fingerprint density at radius 2 is 2.30 bits per heavy atom. The SMILES string of the molecule is Cc1nc2sccn2c1CN1CCN(C)C(CCO)C1. The number of piperazine rings is 1. The van der Waals surface area contributed by atoms with Crippen molar-refractivity contribution in [3.8, 4) is 0 Å². The molecule has 6 heteroatoms.